The van der Waals surface area contributed by atoms with Crippen molar-refractivity contribution in [1.29, 1.82) is 0 Å². The molecule has 3 nitrogen and oxygen atoms in total. The normalized spacial score (nSPS) is 10.8. The molecule has 0 saturated heterocycles. The molecule has 17 heavy (non-hydrogen) atoms. The number of hydrogen-bond acceptors (Lipinski definition) is 5. The van der Waals surface area contributed by atoms with E-state index in [4.69, 9.17) is 5.73 Å². The van der Waals surface area contributed by atoms with Gasteiger partial charge in [-0.2, -0.15) is 0 Å². The second kappa shape index (κ2) is 5.57. The van der Waals surface area contributed by atoms with Crippen molar-refractivity contribution in [2.45, 2.75) is 22.6 Å². The van der Waals surface area contributed by atoms with Gasteiger partial charge in [0.1, 0.15) is 10.8 Å². The van der Waals surface area contributed by atoms with Crippen molar-refractivity contribution < 1.29 is 4.39 Å². The molecule has 0 spiro atoms. The van der Waals surface area contributed by atoms with Crippen LogP contribution in [0.15, 0.2) is 27.4 Å². The van der Waals surface area contributed by atoms with E-state index in [1.165, 1.54) is 35.2 Å². The lowest BCUT2D eigenvalue weighted by atomic mass is 10.1. The maximum Gasteiger partial charge on any atom is 0.179 e. The van der Waals surface area contributed by atoms with E-state index in [0.717, 1.165) is 19.8 Å². The summed E-state index contributed by atoms with van der Waals surface area (Å²) in [5, 5.41) is 8.84. The van der Waals surface area contributed by atoms with E-state index in [0.29, 0.717) is 13.0 Å². The topological polar surface area (TPSA) is 51.8 Å². The third-order valence-electron chi connectivity index (χ3n) is 2.08. The highest BCUT2D eigenvalue weighted by Gasteiger charge is 2.06. The van der Waals surface area contributed by atoms with E-state index < -0.39 is 0 Å². The molecule has 0 unspecified atom stereocenters. The van der Waals surface area contributed by atoms with E-state index in [1.807, 2.05) is 13.0 Å². The first-order chi connectivity index (χ1) is 8.17. The molecule has 0 aliphatic carbocycles. The predicted molar refractivity (Wildman–Crippen MR) is 67.9 cm³/mol. The monoisotopic (exact) mass is 269 g/mol. The van der Waals surface area contributed by atoms with Gasteiger partial charge < -0.3 is 5.73 Å². The molecule has 2 rings (SSSR count). The third kappa shape index (κ3) is 3.49. The van der Waals surface area contributed by atoms with Gasteiger partial charge in [0.25, 0.3) is 0 Å². The van der Waals surface area contributed by atoms with Gasteiger partial charge in [-0.1, -0.05) is 23.1 Å². The molecule has 0 atom stereocenters. The van der Waals surface area contributed by atoms with Crippen molar-refractivity contribution in [3.8, 4) is 0 Å². The average Bonchev–Trinajstić information content (AvgIpc) is 2.63. The van der Waals surface area contributed by atoms with E-state index in [-0.39, 0.29) is 5.82 Å². The second-order valence-electron chi connectivity index (χ2n) is 3.52. The number of hydrogen-bond donors (Lipinski definition) is 1. The number of nitrogens with zero attached hydrogens (tertiary/aromatic N) is 2. The Hall–Kier alpha value is -0.980. The van der Waals surface area contributed by atoms with Gasteiger partial charge in [0.05, 0.1) is 0 Å². The van der Waals surface area contributed by atoms with Crippen molar-refractivity contribution in [3.63, 3.8) is 0 Å². The molecule has 0 bridgehead atoms. The van der Waals surface area contributed by atoms with Crippen LogP contribution in [0.2, 0.25) is 0 Å². The van der Waals surface area contributed by atoms with Crippen molar-refractivity contribution in [2.75, 3.05) is 6.54 Å². The Morgan fingerprint density at radius 3 is 2.82 bits per heavy atom. The summed E-state index contributed by atoms with van der Waals surface area (Å²) in [5.41, 5.74) is 6.38. The summed E-state index contributed by atoms with van der Waals surface area (Å²) in [6.07, 6.45) is 0.681. The van der Waals surface area contributed by atoms with Gasteiger partial charge in [0, 0.05) is 4.90 Å². The van der Waals surface area contributed by atoms with Gasteiger partial charge in [0.15, 0.2) is 4.34 Å². The first-order valence-electron chi connectivity index (χ1n) is 5.15. The largest absolute Gasteiger partial charge is 0.330 e. The maximum absolute atomic E-state index is 13.4. The molecule has 0 amide bonds. The molecule has 1 aromatic heterocycles. The molecule has 2 N–H and O–H groups in total. The summed E-state index contributed by atoms with van der Waals surface area (Å²) >= 11 is 2.93. The lowest BCUT2D eigenvalue weighted by Gasteiger charge is -2.03. The fourth-order valence-corrected chi connectivity index (χ4v) is 3.31. The van der Waals surface area contributed by atoms with Crippen molar-refractivity contribution in [2.24, 2.45) is 5.73 Å². The quantitative estimate of drug-likeness (QED) is 0.927. The summed E-state index contributed by atoms with van der Waals surface area (Å²) < 4.78 is 14.2. The standard InChI is InChI=1S/C11H12FN3S2/c1-7-14-15-11(16-7)17-10-5-8(2-3-13)4-9(12)6-10/h4-6H,2-3,13H2,1H3. The van der Waals surface area contributed by atoms with Crippen LogP contribution in [0.3, 0.4) is 0 Å². The molecule has 0 radical (unpaired) electrons. The summed E-state index contributed by atoms with van der Waals surface area (Å²) in [5.74, 6) is -0.236. The van der Waals surface area contributed by atoms with Crippen molar-refractivity contribution in [3.05, 3.63) is 34.6 Å². The SMILES string of the molecule is Cc1nnc(Sc2cc(F)cc(CCN)c2)s1. The van der Waals surface area contributed by atoms with E-state index in [1.54, 1.807) is 0 Å². The van der Waals surface area contributed by atoms with Crippen LogP contribution >= 0.6 is 23.1 Å². The van der Waals surface area contributed by atoms with Gasteiger partial charge in [-0.15, -0.1) is 10.2 Å². The zero-order chi connectivity index (χ0) is 12.3. The van der Waals surface area contributed by atoms with Gasteiger partial charge >= 0.3 is 0 Å². The molecule has 2 aromatic rings. The van der Waals surface area contributed by atoms with Crippen LogP contribution in [0.4, 0.5) is 4.39 Å². The Bertz CT molecular complexity index is 513. The van der Waals surface area contributed by atoms with Crippen LogP contribution in [0.5, 0.6) is 0 Å². The molecule has 0 saturated carbocycles. The minimum Gasteiger partial charge on any atom is -0.330 e. The summed E-state index contributed by atoms with van der Waals surface area (Å²) in [4.78, 5) is 0.838. The Morgan fingerprint density at radius 1 is 1.35 bits per heavy atom. The Kier molecular flexibility index (Phi) is 4.09. The molecule has 1 heterocycles. The van der Waals surface area contributed by atoms with E-state index >= 15 is 0 Å². The fourth-order valence-electron chi connectivity index (χ4n) is 1.41. The maximum atomic E-state index is 13.4. The molecule has 0 aliphatic heterocycles. The Balaban J connectivity index is 2.20. The summed E-state index contributed by atoms with van der Waals surface area (Å²) in [6, 6.07) is 4.96. The zero-order valence-corrected chi connectivity index (χ0v) is 10.9. The lowest BCUT2D eigenvalue weighted by molar-refractivity contribution is 0.621. The molecule has 1 aromatic carbocycles. The molecule has 6 heteroatoms. The van der Waals surface area contributed by atoms with E-state index in [9.17, 15) is 4.39 Å². The van der Waals surface area contributed by atoms with Gasteiger partial charge in [-0.3, -0.25) is 0 Å². The number of benzene rings is 1. The van der Waals surface area contributed by atoms with Crippen LogP contribution in [0.1, 0.15) is 10.6 Å². The molecular weight excluding hydrogens is 257 g/mol. The molecule has 90 valence electrons. The first kappa shape index (κ1) is 12.5. The minimum absolute atomic E-state index is 0.236. The van der Waals surface area contributed by atoms with Crippen LogP contribution < -0.4 is 5.73 Å². The third-order valence-corrected chi connectivity index (χ3v) is 3.94. The second-order valence-corrected chi connectivity index (χ2v) is 6.03. The van der Waals surface area contributed by atoms with Gasteiger partial charge in [0.2, 0.25) is 0 Å². The van der Waals surface area contributed by atoms with Crippen molar-refractivity contribution in [1.82, 2.24) is 10.2 Å². The molecule has 0 aliphatic rings. The van der Waals surface area contributed by atoms with Crippen LogP contribution in [-0.2, 0) is 6.42 Å². The highest BCUT2D eigenvalue weighted by atomic mass is 32.2. The summed E-state index contributed by atoms with van der Waals surface area (Å²) in [7, 11) is 0. The molecule has 0 fully saturated rings. The number of nitrogens with two attached hydrogens (primary N) is 1. The lowest BCUT2D eigenvalue weighted by Crippen LogP contribution is -2.02. The minimum atomic E-state index is -0.236. The Labute approximate surface area is 107 Å². The van der Waals surface area contributed by atoms with Gasteiger partial charge in [-0.05, 0) is 43.7 Å². The zero-order valence-electron chi connectivity index (χ0n) is 9.31. The van der Waals surface area contributed by atoms with E-state index in [2.05, 4.69) is 10.2 Å². The average molecular weight is 269 g/mol. The smallest absolute Gasteiger partial charge is 0.179 e. The highest BCUT2D eigenvalue weighted by molar-refractivity contribution is 8.01. The highest BCUT2D eigenvalue weighted by Crippen LogP contribution is 2.31. The van der Waals surface area contributed by atoms with Crippen LogP contribution in [-0.4, -0.2) is 16.7 Å². The number of rotatable bonds is 4. The van der Waals surface area contributed by atoms with Crippen LogP contribution in [0, 0.1) is 12.7 Å². The van der Waals surface area contributed by atoms with Crippen molar-refractivity contribution >= 4 is 23.1 Å². The number of aromatic nitrogens is 2. The number of halogens is 1. The Morgan fingerprint density at radius 2 is 2.18 bits per heavy atom. The van der Waals surface area contributed by atoms with Crippen LogP contribution in [0.25, 0.3) is 0 Å². The van der Waals surface area contributed by atoms with Gasteiger partial charge in [-0.25, -0.2) is 4.39 Å². The predicted octanol–water partition coefficient (Wildman–Crippen LogP) is 2.64. The fraction of sp³-hybridized carbons (Fsp3) is 0.273. The first-order valence-corrected chi connectivity index (χ1v) is 6.78. The molecular formula is C11H12FN3S2. The number of aryl methyl sites for hydroxylation is 1. The summed E-state index contributed by atoms with van der Waals surface area (Å²) in [6.45, 7) is 2.42.